The summed E-state index contributed by atoms with van der Waals surface area (Å²) in [6.45, 7) is 1.60. The second kappa shape index (κ2) is 5.51. The number of hydrogen-bond acceptors (Lipinski definition) is 4. The number of hydrogen-bond donors (Lipinski definition) is 0. The van der Waals surface area contributed by atoms with Crippen LogP contribution in [0.4, 0.5) is 0 Å². The third-order valence-corrected chi connectivity index (χ3v) is 2.19. The van der Waals surface area contributed by atoms with Gasteiger partial charge in [-0.2, -0.15) is 0 Å². The van der Waals surface area contributed by atoms with Gasteiger partial charge in [0.05, 0.1) is 7.11 Å². The largest absolute Gasteiger partial charge is 0.482 e. The molecule has 4 nitrogen and oxygen atoms in total. The van der Waals surface area contributed by atoms with E-state index in [0.717, 1.165) is 5.56 Å². The van der Waals surface area contributed by atoms with Crippen molar-refractivity contribution in [3.05, 3.63) is 29.3 Å². The molecule has 0 unspecified atom stereocenters. The number of esters is 1. The van der Waals surface area contributed by atoms with Gasteiger partial charge in [-0.1, -0.05) is 0 Å². The molecule has 1 rings (SSSR count). The normalized spacial score (nSPS) is 9.69. The topological polar surface area (TPSA) is 52.6 Å². The number of methoxy groups -OCH3 is 1. The minimum Gasteiger partial charge on any atom is -0.482 e. The van der Waals surface area contributed by atoms with Crippen LogP contribution in [0, 0.1) is 6.92 Å². The molecular formula is C11H11ClO4. The Hall–Kier alpha value is -1.55. The molecule has 0 saturated heterocycles. The van der Waals surface area contributed by atoms with E-state index in [1.54, 1.807) is 19.1 Å². The van der Waals surface area contributed by atoms with Crippen molar-refractivity contribution in [3.8, 4) is 5.75 Å². The summed E-state index contributed by atoms with van der Waals surface area (Å²) >= 11 is 5.32. The van der Waals surface area contributed by atoms with E-state index in [9.17, 15) is 9.59 Å². The highest BCUT2D eigenvalue weighted by atomic mass is 35.5. The summed E-state index contributed by atoms with van der Waals surface area (Å²) in [4.78, 5) is 21.7. The quantitative estimate of drug-likeness (QED) is 0.598. The maximum atomic E-state index is 10.9. The smallest absolute Gasteiger partial charge is 0.343 e. The summed E-state index contributed by atoms with van der Waals surface area (Å²) in [5.74, 6) is 0.0592. The van der Waals surface area contributed by atoms with E-state index in [1.807, 2.05) is 0 Å². The molecule has 0 fully saturated rings. The fraction of sp³-hybridized carbons (Fsp3) is 0.273. The molecule has 0 N–H and O–H groups in total. The Bertz CT molecular complexity index is 414. The molecular weight excluding hydrogens is 232 g/mol. The Balaban J connectivity index is 2.75. The molecule has 0 radical (unpaired) electrons. The molecule has 5 heteroatoms. The van der Waals surface area contributed by atoms with Gasteiger partial charge >= 0.3 is 5.97 Å². The second-order valence-electron chi connectivity index (χ2n) is 3.12. The Labute approximate surface area is 98.1 Å². The van der Waals surface area contributed by atoms with Crippen LogP contribution in [0.25, 0.3) is 0 Å². The van der Waals surface area contributed by atoms with Crippen LogP contribution >= 0.6 is 11.6 Å². The fourth-order valence-corrected chi connectivity index (χ4v) is 1.25. The van der Waals surface area contributed by atoms with Gasteiger partial charge in [-0.05, 0) is 42.3 Å². The predicted octanol–water partition coefficient (Wildman–Crippen LogP) is 1.93. The minimum atomic E-state index is -0.525. The van der Waals surface area contributed by atoms with Gasteiger partial charge in [0.2, 0.25) is 0 Å². The fourth-order valence-electron chi connectivity index (χ4n) is 1.13. The Morgan fingerprint density at radius 1 is 1.38 bits per heavy atom. The number of benzene rings is 1. The van der Waals surface area contributed by atoms with E-state index in [0.29, 0.717) is 11.3 Å². The number of carbonyl (C=O) groups excluding carboxylic acids is 2. The lowest BCUT2D eigenvalue weighted by atomic mass is 10.1. The molecule has 1 aromatic rings. The van der Waals surface area contributed by atoms with Crippen LogP contribution in [0.3, 0.4) is 0 Å². The number of carbonyl (C=O) groups is 2. The molecule has 86 valence electrons. The first-order valence-corrected chi connectivity index (χ1v) is 4.92. The Kier molecular flexibility index (Phi) is 4.31. The van der Waals surface area contributed by atoms with Crippen LogP contribution in [0.2, 0.25) is 0 Å². The van der Waals surface area contributed by atoms with E-state index < -0.39 is 11.2 Å². The highest BCUT2D eigenvalue weighted by Crippen LogP contribution is 2.20. The first-order chi connectivity index (χ1) is 7.54. The van der Waals surface area contributed by atoms with Gasteiger partial charge in [0.1, 0.15) is 5.75 Å². The van der Waals surface area contributed by atoms with Crippen molar-refractivity contribution in [3.63, 3.8) is 0 Å². The summed E-state index contributed by atoms with van der Waals surface area (Å²) in [6.07, 6.45) is 0. The van der Waals surface area contributed by atoms with E-state index in [2.05, 4.69) is 4.74 Å². The predicted molar refractivity (Wildman–Crippen MR) is 58.9 cm³/mol. The summed E-state index contributed by atoms with van der Waals surface area (Å²) < 4.78 is 9.63. The van der Waals surface area contributed by atoms with Gasteiger partial charge in [0, 0.05) is 5.56 Å². The molecule has 0 aliphatic rings. The van der Waals surface area contributed by atoms with Crippen molar-refractivity contribution < 1.29 is 19.1 Å². The third kappa shape index (κ3) is 3.24. The molecule has 0 amide bonds. The van der Waals surface area contributed by atoms with Crippen molar-refractivity contribution in [2.45, 2.75) is 6.92 Å². The van der Waals surface area contributed by atoms with Crippen molar-refractivity contribution in [1.29, 1.82) is 0 Å². The molecule has 1 aromatic carbocycles. The van der Waals surface area contributed by atoms with Crippen LogP contribution in [-0.4, -0.2) is 24.9 Å². The van der Waals surface area contributed by atoms with E-state index in [1.165, 1.54) is 13.2 Å². The van der Waals surface area contributed by atoms with E-state index >= 15 is 0 Å². The zero-order chi connectivity index (χ0) is 12.1. The number of halogens is 1. The minimum absolute atomic E-state index is 0.161. The molecule has 0 saturated carbocycles. The molecule has 0 heterocycles. The van der Waals surface area contributed by atoms with Crippen molar-refractivity contribution in [2.75, 3.05) is 13.7 Å². The molecule has 0 aliphatic heterocycles. The molecule has 0 spiro atoms. The lowest BCUT2D eigenvalue weighted by Crippen LogP contribution is -2.13. The molecule has 0 bridgehead atoms. The average molecular weight is 243 g/mol. The first kappa shape index (κ1) is 12.5. The lowest BCUT2D eigenvalue weighted by Gasteiger charge is -2.08. The summed E-state index contributed by atoms with van der Waals surface area (Å²) in [7, 11) is 1.29. The van der Waals surface area contributed by atoms with Gasteiger partial charge in [-0.3, -0.25) is 4.79 Å². The van der Waals surface area contributed by atoms with Crippen molar-refractivity contribution >= 4 is 22.8 Å². The van der Waals surface area contributed by atoms with Crippen LogP contribution in [0.15, 0.2) is 18.2 Å². The standard InChI is InChI=1S/C11H11ClO4/c1-7-5-8(11(12)14)3-4-9(7)16-6-10(13)15-2/h3-5H,6H2,1-2H3. The average Bonchev–Trinajstić information content (AvgIpc) is 2.26. The van der Waals surface area contributed by atoms with Crippen LogP contribution in [0.5, 0.6) is 5.75 Å². The monoisotopic (exact) mass is 242 g/mol. The number of ether oxygens (including phenoxy) is 2. The lowest BCUT2D eigenvalue weighted by molar-refractivity contribution is -0.142. The van der Waals surface area contributed by atoms with Crippen molar-refractivity contribution in [2.24, 2.45) is 0 Å². The van der Waals surface area contributed by atoms with Gasteiger partial charge < -0.3 is 9.47 Å². The first-order valence-electron chi connectivity index (χ1n) is 4.54. The third-order valence-electron chi connectivity index (χ3n) is 1.98. The van der Waals surface area contributed by atoms with E-state index in [-0.39, 0.29) is 6.61 Å². The maximum Gasteiger partial charge on any atom is 0.343 e. The molecule has 16 heavy (non-hydrogen) atoms. The molecule has 0 aromatic heterocycles. The van der Waals surface area contributed by atoms with Gasteiger partial charge in [-0.15, -0.1) is 0 Å². The maximum absolute atomic E-state index is 10.9. The Morgan fingerprint density at radius 3 is 2.56 bits per heavy atom. The highest BCUT2D eigenvalue weighted by Gasteiger charge is 2.07. The van der Waals surface area contributed by atoms with Gasteiger partial charge in [-0.25, -0.2) is 4.79 Å². The van der Waals surface area contributed by atoms with Crippen LogP contribution < -0.4 is 4.74 Å². The van der Waals surface area contributed by atoms with Crippen molar-refractivity contribution in [1.82, 2.24) is 0 Å². The molecule has 0 atom stereocenters. The number of aryl methyl sites for hydroxylation is 1. The summed E-state index contributed by atoms with van der Waals surface area (Å²) in [6, 6.07) is 4.73. The summed E-state index contributed by atoms with van der Waals surface area (Å²) in [5.41, 5.74) is 1.12. The second-order valence-corrected chi connectivity index (χ2v) is 3.46. The van der Waals surface area contributed by atoms with E-state index in [4.69, 9.17) is 16.3 Å². The Morgan fingerprint density at radius 2 is 2.06 bits per heavy atom. The van der Waals surface area contributed by atoms with Gasteiger partial charge in [0.25, 0.3) is 5.24 Å². The van der Waals surface area contributed by atoms with Crippen LogP contribution in [-0.2, 0) is 9.53 Å². The number of rotatable bonds is 4. The molecule has 0 aliphatic carbocycles. The zero-order valence-corrected chi connectivity index (χ0v) is 9.71. The highest BCUT2D eigenvalue weighted by molar-refractivity contribution is 6.67. The van der Waals surface area contributed by atoms with Crippen LogP contribution in [0.1, 0.15) is 15.9 Å². The SMILES string of the molecule is COC(=O)COc1ccc(C(=O)Cl)cc1C. The zero-order valence-electron chi connectivity index (χ0n) is 8.95. The van der Waals surface area contributed by atoms with Gasteiger partial charge in [0.15, 0.2) is 6.61 Å². The summed E-state index contributed by atoms with van der Waals surface area (Å²) in [5, 5.41) is -0.525.